The van der Waals surface area contributed by atoms with E-state index in [-0.39, 0.29) is 21.9 Å². The van der Waals surface area contributed by atoms with Gasteiger partial charge >= 0.3 is 0 Å². The van der Waals surface area contributed by atoms with Crippen LogP contribution in [0, 0.1) is 0 Å². The van der Waals surface area contributed by atoms with Gasteiger partial charge in [-0.05, 0) is 24.3 Å². The van der Waals surface area contributed by atoms with Gasteiger partial charge in [-0.25, -0.2) is 23.1 Å². The van der Waals surface area contributed by atoms with Gasteiger partial charge in [0.2, 0.25) is 10.0 Å². The molecule has 0 bridgehead atoms. The van der Waals surface area contributed by atoms with Crippen LogP contribution in [0.25, 0.3) is 16.9 Å². The van der Waals surface area contributed by atoms with Crippen molar-refractivity contribution >= 4 is 27.3 Å². The van der Waals surface area contributed by atoms with E-state index in [4.69, 9.17) is 9.88 Å². The third-order valence-corrected chi connectivity index (χ3v) is 5.37. The summed E-state index contributed by atoms with van der Waals surface area (Å²) in [5.74, 6) is -0.238. The first kappa shape index (κ1) is 19.6. The van der Waals surface area contributed by atoms with Gasteiger partial charge in [0.15, 0.2) is 5.65 Å². The number of nitrogens with two attached hydrogens (primary N) is 1. The Morgan fingerprint density at radius 1 is 1.13 bits per heavy atom. The Labute approximate surface area is 172 Å². The van der Waals surface area contributed by atoms with Gasteiger partial charge in [-0.1, -0.05) is 30.3 Å². The van der Waals surface area contributed by atoms with E-state index in [1.807, 2.05) is 30.3 Å². The van der Waals surface area contributed by atoms with E-state index >= 15 is 0 Å². The van der Waals surface area contributed by atoms with Crippen molar-refractivity contribution in [1.29, 1.82) is 0 Å². The first-order valence-electron chi connectivity index (χ1n) is 8.79. The number of amides is 1. The monoisotopic (exact) mass is 423 g/mol. The summed E-state index contributed by atoms with van der Waals surface area (Å²) in [6.45, 7) is 0. The second-order valence-corrected chi connectivity index (χ2v) is 7.91. The Morgan fingerprint density at radius 2 is 1.90 bits per heavy atom. The van der Waals surface area contributed by atoms with Crippen molar-refractivity contribution in [2.75, 3.05) is 12.4 Å². The van der Waals surface area contributed by atoms with Crippen molar-refractivity contribution < 1.29 is 17.9 Å². The molecular weight excluding hydrogens is 406 g/mol. The van der Waals surface area contributed by atoms with Crippen LogP contribution in [-0.2, 0) is 10.0 Å². The molecule has 0 fully saturated rings. The predicted molar refractivity (Wildman–Crippen MR) is 111 cm³/mol. The molecule has 0 unspecified atom stereocenters. The molecule has 30 heavy (non-hydrogen) atoms. The highest BCUT2D eigenvalue weighted by molar-refractivity contribution is 7.89. The number of methoxy groups -OCH3 is 1. The summed E-state index contributed by atoms with van der Waals surface area (Å²) in [6, 6.07) is 15.3. The highest BCUT2D eigenvalue weighted by Gasteiger charge is 2.19. The van der Waals surface area contributed by atoms with Gasteiger partial charge in [0.1, 0.15) is 11.3 Å². The molecule has 1 amide bonds. The SMILES string of the molecule is COc1ccc(S(N)(=O)=O)cc1NC(=O)c1cnn2c(-c3ccccc3)ccnc12. The second-order valence-electron chi connectivity index (χ2n) is 6.35. The molecule has 152 valence electrons. The van der Waals surface area contributed by atoms with Crippen LogP contribution < -0.4 is 15.2 Å². The second kappa shape index (κ2) is 7.58. The third kappa shape index (κ3) is 3.61. The van der Waals surface area contributed by atoms with Gasteiger partial charge in [-0.15, -0.1) is 0 Å². The molecule has 0 aliphatic heterocycles. The molecule has 2 aromatic carbocycles. The number of ether oxygens (including phenoxy) is 1. The molecule has 0 saturated carbocycles. The summed E-state index contributed by atoms with van der Waals surface area (Å²) in [4.78, 5) is 17.1. The number of nitrogens with one attached hydrogen (secondary N) is 1. The standard InChI is InChI=1S/C20H17N5O4S/c1-29-18-8-7-14(30(21,27)28)11-16(18)24-20(26)15-12-23-25-17(9-10-22-19(15)25)13-5-3-2-4-6-13/h2-12H,1H3,(H,24,26)(H2,21,27,28). The normalized spacial score (nSPS) is 11.4. The van der Waals surface area contributed by atoms with E-state index in [2.05, 4.69) is 15.4 Å². The number of hydrogen-bond acceptors (Lipinski definition) is 6. The molecule has 0 saturated heterocycles. The molecule has 0 aliphatic carbocycles. The Balaban J connectivity index is 1.73. The number of benzene rings is 2. The fourth-order valence-electron chi connectivity index (χ4n) is 3.03. The minimum absolute atomic E-state index is 0.150. The molecule has 0 atom stereocenters. The summed E-state index contributed by atoms with van der Waals surface area (Å²) in [5.41, 5.74) is 2.43. The molecule has 4 rings (SSSR count). The number of sulfonamides is 1. The lowest BCUT2D eigenvalue weighted by Gasteiger charge is -2.11. The minimum atomic E-state index is -3.95. The van der Waals surface area contributed by atoms with Gasteiger partial charge in [0.05, 0.1) is 29.6 Å². The largest absolute Gasteiger partial charge is 0.495 e. The van der Waals surface area contributed by atoms with Crippen LogP contribution in [0.3, 0.4) is 0 Å². The maximum atomic E-state index is 12.9. The van der Waals surface area contributed by atoms with Gasteiger partial charge < -0.3 is 10.1 Å². The molecule has 2 aromatic heterocycles. The van der Waals surface area contributed by atoms with E-state index in [1.165, 1.54) is 31.5 Å². The molecule has 2 heterocycles. The zero-order chi connectivity index (χ0) is 21.3. The molecule has 0 radical (unpaired) electrons. The first-order chi connectivity index (χ1) is 14.4. The quantitative estimate of drug-likeness (QED) is 0.507. The van der Waals surface area contributed by atoms with Crippen LogP contribution in [0.4, 0.5) is 5.69 Å². The van der Waals surface area contributed by atoms with E-state index in [0.29, 0.717) is 5.65 Å². The molecule has 3 N–H and O–H groups in total. The number of aromatic nitrogens is 3. The van der Waals surface area contributed by atoms with Gasteiger partial charge in [-0.3, -0.25) is 4.79 Å². The van der Waals surface area contributed by atoms with Crippen molar-refractivity contribution in [3.05, 3.63) is 72.6 Å². The average Bonchev–Trinajstić information content (AvgIpc) is 3.18. The van der Waals surface area contributed by atoms with Crippen LogP contribution in [0.15, 0.2) is 71.9 Å². The average molecular weight is 423 g/mol. The Morgan fingerprint density at radius 3 is 2.60 bits per heavy atom. The Hall–Kier alpha value is -3.76. The summed E-state index contributed by atoms with van der Waals surface area (Å²) >= 11 is 0. The van der Waals surface area contributed by atoms with Gasteiger partial charge in [0.25, 0.3) is 5.91 Å². The van der Waals surface area contributed by atoms with E-state index < -0.39 is 15.9 Å². The minimum Gasteiger partial charge on any atom is -0.495 e. The van der Waals surface area contributed by atoms with Crippen molar-refractivity contribution in [3.8, 4) is 17.0 Å². The molecule has 9 nitrogen and oxygen atoms in total. The Bertz CT molecular complexity index is 1350. The number of primary sulfonamides is 1. The Kier molecular flexibility index (Phi) is 4.94. The fraction of sp³-hybridized carbons (Fsp3) is 0.0500. The number of rotatable bonds is 5. The molecule has 10 heteroatoms. The van der Waals surface area contributed by atoms with E-state index in [9.17, 15) is 13.2 Å². The molecule has 4 aromatic rings. The first-order valence-corrected chi connectivity index (χ1v) is 10.3. The number of carbonyl (C=O) groups excluding carboxylic acids is 1. The lowest BCUT2D eigenvalue weighted by molar-refractivity contribution is 0.102. The predicted octanol–water partition coefficient (Wildman–Crippen LogP) is 2.30. The smallest absolute Gasteiger partial charge is 0.261 e. The van der Waals surface area contributed by atoms with Crippen molar-refractivity contribution in [2.45, 2.75) is 4.90 Å². The zero-order valence-electron chi connectivity index (χ0n) is 15.8. The summed E-state index contributed by atoms with van der Waals surface area (Å²) < 4.78 is 30.1. The number of hydrogen-bond donors (Lipinski definition) is 2. The third-order valence-electron chi connectivity index (χ3n) is 4.46. The van der Waals surface area contributed by atoms with Crippen LogP contribution in [0.1, 0.15) is 10.4 Å². The number of carbonyl (C=O) groups is 1. The number of fused-ring (bicyclic) bond motifs is 1. The van der Waals surface area contributed by atoms with Crippen LogP contribution in [0.5, 0.6) is 5.75 Å². The van der Waals surface area contributed by atoms with Gasteiger partial charge in [0, 0.05) is 11.8 Å². The van der Waals surface area contributed by atoms with E-state index in [0.717, 1.165) is 11.3 Å². The maximum absolute atomic E-state index is 12.9. The van der Waals surface area contributed by atoms with Crippen LogP contribution >= 0.6 is 0 Å². The highest BCUT2D eigenvalue weighted by atomic mass is 32.2. The van der Waals surface area contributed by atoms with Gasteiger partial charge in [-0.2, -0.15) is 5.10 Å². The maximum Gasteiger partial charge on any atom is 0.261 e. The summed E-state index contributed by atoms with van der Waals surface area (Å²) in [5, 5.41) is 12.1. The number of anilines is 1. The highest BCUT2D eigenvalue weighted by Crippen LogP contribution is 2.28. The molecule has 0 aliphatic rings. The molecule has 0 spiro atoms. The zero-order valence-corrected chi connectivity index (χ0v) is 16.6. The number of nitrogens with zero attached hydrogens (tertiary/aromatic N) is 3. The summed E-state index contributed by atoms with van der Waals surface area (Å²) in [6.07, 6.45) is 3.00. The lowest BCUT2D eigenvalue weighted by Crippen LogP contribution is -2.15. The van der Waals surface area contributed by atoms with Crippen LogP contribution in [-0.4, -0.2) is 36.0 Å². The lowest BCUT2D eigenvalue weighted by atomic mass is 10.1. The van der Waals surface area contributed by atoms with Crippen molar-refractivity contribution in [2.24, 2.45) is 5.14 Å². The van der Waals surface area contributed by atoms with Crippen molar-refractivity contribution in [3.63, 3.8) is 0 Å². The van der Waals surface area contributed by atoms with Crippen LogP contribution in [0.2, 0.25) is 0 Å². The summed E-state index contributed by atoms with van der Waals surface area (Å²) in [7, 11) is -2.54. The van der Waals surface area contributed by atoms with Crippen molar-refractivity contribution in [1.82, 2.24) is 14.6 Å². The topological polar surface area (TPSA) is 129 Å². The fourth-order valence-corrected chi connectivity index (χ4v) is 3.57. The molecular formula is C20H17N5O4S. The van der Waals surface area contributed by atoms with E-state index in [1.54, 1.807) is 16.8 Å².